The molecule has 0 saturated carbocycles. The number of aliphatic hydroxyl groups excluding tert-OH is 5. The van der Waals surface area contributed by atoms with Crippen LogP contribution in [0.4, 0.5) is 0 Å². The molecular formula is C16H16Cl2N4O7. The van der Waals surface area contributed by atoms with E-state index in [0.717, 1.165) is 0 Å². The summed E-state index contributed by atoms with van der Waals surface area (Å²) in [5, 5.41) is 48.9. The Morgan fingerprint density at radius 3 is 2.28 bits per heavy atom. The third-order valence-corrected chi connectivity index (χ3v) is 5.07. The average molecular weight is 447 g/mol. The van der Waals surface area contributed by atoms with Crippen molar-refractivity contribution in [1.29, 1.82) is 0 Å². The third-order valence-electron chi connectivity index (χ3n) is 4.35. The summed E-state index contributed by atoms with van der Waals surface area (Å²) in [7, 11) is 0. The second kappa shape index (κ2) is 8.32. The molecule has 0 aliphatic carbocycles. The molecule has 0 unspecified atom stereocenters. The highest BCUT2D eigenvalue weighted by Crippen LogP contribution is 2.30. The van der Waals surface area contributed by atoms with Gasteiger partial charge in [-0.1, -0.05) is 23.2 Å². The summed E-state index contributed by atoms with van der Waals surface area (Å²) in [6, 6.07) is 2.74. The molecule has 2 aliphatic rings. The third kappa shape index (κ3) is 4.12. The van der Waals surface area contributed by atoms with Gasteiger partial charge < -0.3 is 30.1 Å². The molecule has 4 atom stereocenters. The highest BCUT2D eigenvalue weighted by atomic mass is 35.5. The van der Waals surface area contributed by atoms with Crippen molar-refractivity contribution in [2.75, 3.05) is 6.61 Å². The van der Waals surface area contributed by atoms with Gasteiger partial charge in [-0.05, 0) is 12.1 Å². The molecule has 0 spiro atoms. The lowest BCUT2D eigenvalue weighted by Gasteiger charge is -2.27. The molecule has 0 bridgehead atoms. The quantitative estimate of drug-likeness (QED) is 0.241. The van der Waals surface area contributed by atoms with E-state index in [-0.39, 0.29) is 32.6 Å². The number of fused-ring (bicyclic) bond motifs is 2. The summed E-state index contributed by atoms with van der Waals surface area (Å²) in [5.74, 6) is -0.201. The molecule has 1 aromatic carbocycles. The average Bonchev–Trinajstić information content (AvgIpc) is 2.68. The van der Waals surface area contributed by atoms with Crippen LogP contribution < -0.4 is 11.2 Å². The lowest BCUT2D eigenvalue weighted by molar-refractivity contribution is -0.117. The molecule has 156 valence electrons. The van der Waals surface area contributed by atoms with Crippen molar-refractivity contribution in [1.82, 2.24) is 19.5 Å². The van der Waals surface area contributed by atoms with Crippen LogP contribution in [0.1, 0.15) is 0 Å². The molecule has 2 heterocycles. The van der Waals surface area contributed by atoms with E-state index in [1.807, 2.05) is 4.98 Å². The van der Waals surface area contributed by atoms with Crippen molar-refractivity contribution in [2.24, 2.45) is 0 Å². The van der Waals surface area contributed by atoms with E-state index in [9.17, 15) is 30.0 Å². The molecule has 0 radical (unpaired) electrons. The van der Waals surface area contributed by atoms with Crippen molar-refractivity contribution >= 4 is 34.2 Å². The summed E-state index contributed by atoms with van der Waals surface area (Å²) in [4.78, 5) is 33.7. The Balaban J connectivity index is 2.19. The number of hydrogen-bond acceptors (Lipinski definition) is 9. The number of aromatic nitrogens is 4. The maximum absolute atomic E-state index is 12.2. The topological polar surface area (TPSA) is 182 Å². The van der Waals surface area contributed by atoms with Gasteiger partial charge in [0.05, 0.1) is 34.2 Å². The molecule has 2 aliphatic heterocycles. The van der Waals surface area contributed by atoms with E-state index < -0.39 is 48.8 Å². The van der Waals surface area contributed by atoms with Gasteiger partial charge in [0.2, 0.25) is 0 Å². The fourth-order valence-electron chi connectivity index (χ4n) is 2.83. The zero-order chi connectivity index (χ0) is 21.5. The smallest absolute Gasteiger partial charge is 0.349 e. The highest BCUT2D eigenvalue weighted by molar-refractivity contribution is 6.42. The number of nitrogens with zero attached hydrogens (tertiary/aromatic N) is 3. The maximum atomic E-state index is 12.2. The minimum Gasteiger partial charge on any atom is -0.394 e. The second-order valence-corrected chi connectivity index (χ2v) is 7.13. The largest absolute Gasteiger partial charge is 0.394 e. The molecule has 0 aromatic heterocycles. The molecule has 29 heavy (non-hydrogen) atoms. The minimum atomic E-state index is -1.88. The first kappa shape index (κ1) is 21.6. The predicted molar refractivity (Wildman–Crippen MR) is 102 cm³/mol. The zero-order valence-corrected chi connectivity index (χ0v) is 16.0. The molecule has 13 heteroatoms. The van der Waals surface area contributed by atoms with Crippen molar-refractivity contribution in [3.63, 3.8) is 0 Å². The van der Waals surface area contributed by atoms with Crippen LogP contribution in [0.5, 0.6) is 0 Å². The monoisotopic (exact) mass is 446 g/mol. The molecule has 6 N–H and O–H groups in total. The lowest BCUT2D eigenvalue weighted by Crippen LogP contribution is -2.47. The van der Waals surface area contributed by atoms with Crippen LogP contribution in [-0.4, -0.2) is 76.1 Å². The van der Waals surface area contributed by atoms with Crippen LogP contribution in [-0.2, 0) is 6.54 Å². The number of H-pyrrole nitrogens is 1. The highest BCUT2D eigenvalue weighted by Gasteiger charge is 2.31. The van der Waals surface area contributed by atoms with Crippen molar-refractivity contribution in [3.8, 4) is 11.5 Å². The van der Waals surface area contributed by atoms with Crippen molar-refractivity contribution in [3.05, 3.63) is 43.0 Å². The molecule has 0 fully saturated rings. The first-order chi connectivity index (χ1) is 13.6. The Morgan fingerprint density at radius 2 is 1.62 bits per heavy atom. The Bertz CT molecular complexity index is 1130. The first-order valence-corrected chi connectivity index (χ1v) is 9.02. The summed E-state index contributed by atoms with van der Waals surface area (Å²) in [6.45, 7) is -1.32. The number of aliphatic hydroxyl groups is 5. The fraction of sp³-hybridized carbons (Fsp3) is 0.375. The molecule has 0 saturated heterocycles. The molecule has 3 rings (SSSR count). The summed E-state index contributed by atoms with van der Waals surface area (Å²) < 4.78 is 1.21. The van der Waals surface area contributed by atoms with E-state index in [2.05, 4.69) is 9.97 Å². The van der Waals surface area contributed by atoms with E-state index in [4.69, 9.17) is 28.3 Å². The van der Waals surface area contributed by atoms with Gasteiger partial charge in [0, 0.05) is 0 Å². The zero-order valence-electron chi connectivity index (χ0n) is 14.5. The van der Waals surface area contributed by atoms with Crippen LogP contribution >= 0.6 is 23.2 Å². The Kier molecular flexibility index (Phi) is 6.19. The van der Waals surface area contributed by atoms with E-state index in [0.29, 0.717) is 0 Å². The van der Waals surface area contributed by atoms with Crippen LogP contribution in [0.3, 0.4) is 0 Å². The van der Waals surface area contributed by atoms with Crippen LogP contribution in [0.25, 0.3) is 22.6 Å². The number of nitrogens with one attached hydrogen (secondary N) is 1. The molecular weight excluding hydrogens is 431 g/mol. The maximum Gasteiger partial charge on any atom is 0.349 e. The molecule has 11 nitrogen and oxygen atoms in total. The van der Waals surface area contributed by atoms with Gasteiger partial charge in [0.15, 0.2) is 11.5 Å². The Hall–Kier alpha value is -2.12. The number of hydrogen-bond donors (Lipinski definition) is 6. The van der Waals surface area contributed by atoms with Gasteiger partial charge >= 0.3 is 5.69 Å². The summed E-state index contributed by atoms with van der Waals surface area (Å²) >= 11 is 12.0. The SMILES string of the molecule is O=c1nc2n(C[C@H](O)[C@H](O)[C@H](O)[C@H](O)CO)c3cc(Cl)c(Cl)cc3nc-2c(=O)[nH]1. The fourth-order valence-corrected chi connectivity index (χ4v) is 3.15. The van der Waals surface area contributed by atoms with Gasteiger partial charge in [-0.15, -0.1) is 0 Å². The lowest BCUT2D eigenvalue weighted by atomic mass is 10.0. The summed E-state index contributed by atoms with van der Waals surface area (Å²) in [6.07, 6.45) is -7.13. The number of benzene rings is 1. The first-order valence-electron chi connectivity index (χ1n) is 8.26. The second-order valence-electron chi connectivity index (χ2n) is 6.32. The standard InChI is InChI=1S/C16H16Cl2N4O7/c17-5-1-7-8(2-6(5)18)22(3-9(24)12(26)13(27)10(25)4-23)14-11(19-7)15(28)21-16(29)20-14/h1-2,9-10,12-13,23-27H,3-4H2,(H,21,28,29)/t9-,10+,12-,13+/m0/s1. The van der Waals surface area contributed by atoms with Crippen LogP contribution in [0.15, 0.2) is 21.7 Å². The van der Waals surface area contributed by atoms with Gasteiger partial charge in [0.25, 0.3) is 5.56 Å². The van der Waals surface area contributed by atoms with Gasteiger partial charge in [-0.3, -0.25) is 9.78 Å². The van der Waals surface area contributed by atoms with E-state index >= 15 is 0 Å². The van der Waals surface area contributed by atoms with E-state index in [1.54, 1.807) is 0 Å². The van der Waals surface area contributed by atoms with Crippen molar-refractivity contribution < 1.29 is 25.5 Å². The molecule has 0 amide bonds. The number of rotatable bonds is 6. The minimum absolute atomic E-state index is 0.118. The number of aromatic amines is 1. The van der Waals surface area contributed by atoms with E-state index in [1.165, 1.54) is 16.7 Å². The Morgan fingerprint density at radius 1 is 1.00 bits per heavy atom. The van der Waals surface area contributed by atoms with Gasteiger partial charge in [-0.2, -0.15) is 4.98 Å². The molecule has 1 aromatic rings. The van der Waals surface area contributed by atoms with Crippen LogP contribution in [0, 0.1) is 0 Å². The summed E-state index contributed by atoms with van der Waals surface area (Å²) in [5.41, 5.74) is -1.59. The Labute approximate surface area is 171 Å². The van der Waals surface area contributed by atoms with Gasteiger partial charge in [-0.25, -0.2) is 9.78 Å². The van der Waals surface area contributed by atoms with Crippen LogP contribution in [0.2, 0.25) is 10.0 Å². The normalized spacial score (nSPS) is 16.1. The predicted octanol–water partition coefficient (Wildman–Crippen LogP) is -1.67. The number of halogens is 2. The van der Waals surface area contributed by atoms with Gasteiger partial charge in [0.1, 0.15) is 24.4 Å². The van der Waals surface area contributed by atoms with Crippen molar-refractivity contribution in [2.45, 2.75) is 31.0 Å².